The number of aryl methyl sites for hydroxylation is 1. The third-order valence-corrected chi connectivity index (χ3v) is 4.37. The first-order valence-electron chi connectivity index (χ1n) is 7.59. The van der Waals surface area contributed by atoms with Crippen LogP contribution in [-0.2, 0) is 20.0 Å². The maximum absolute atomic E-state index is 5.32. The lowest BCUT2D eigenvalue weighted by Crippen LogP contribution is -2.31. The monoisotopic (exact) mass is 285 g/mol. The van der Waals surface area contributed by atoms with Crippen molar-refractivity contribution in [2.24, 2.45) is 7.05 Å². The van der Waals surface area contributed by atoms with Gasteiger partial charge >= 0.3 is 0 Å². The van der Waals surface area contributed by atoms with Crippen molar-refractivity contribution in [1.29, 1.82) is 0 Å². The summed E-state index contributed by atoms with van der Waals surface area (Å²) in [6.45, 7) is 2.11. The zero-order valence-electron chi connectivity index (χ0n) is 12.8. The molecule has 112 valence electrons. The Morgan fingerprint density at radius 3 is 3.05 bits per heavy atom. The van der Waals surface area contributed by atoms with Crippen molar-refractivity contribution in [3.63, 3.8) is 0 Å². The molecule has 1 aliphatic heterocycles. The predicted octanol–water partition coefficient (Wildman–Crippen LogP) is 2.64. The summed E-state index contributed by atoms with van der Waals surface area (Å²) >= 11 is 0. The lowest BCUT2D eigenvalue weighted by Gasteiger charge is -2.24. The van der Waals surface area contributed by atoms with Gasteiger partial charge in [0.15, 0.2) is 0 Å². The minimum Gasteiger partial charge on any atom is -0.497 e. The van der Waals surface area contributed by atoms with Crippen LogP contribution < -0.4 is 4.74 Å². The van der Waals surface area contributed by atoms with Crippen LogP contribution in [0.15, 0.2) is 36.7 Å². The number of hydrogen-bond donors (Lipinski definition) is 0. The molecule has 0 N–H and O–H groups in total. The van der Waals surface area contributed by atoms with E-state index >= 15 is 0 Å². The molecular formula is C17H23N3O. The highest BCUT2D eigenvalue weighted by atomic mass is 16.5. The molecule has 0 radical (unpaired) electrons. The zero-order chi connectivity index (χ0) is 14.7. The number of benzene rings is 1. The van der Waals surface area contributed by atoms with Crippen LogP contribution in [0.5, 0.6) is 5.75 Å². The van der Waals surface area contributed by atoms with Gasteiger partial charge in [0.2, 0.25) is 0 Å². The highest BCUT2D eigenvalue weighted by molar-refractivity contribution is 5.29. The number of likely N-dealkylation sites (tertiary alicyclic amines) is 1. The normalized spacial score (nSPS) is 19.0. The van der Waals surface area contributed by atoms with Gasteiger partial charge in [-0.15, -0.1) is 0 Å². The average Bonchev–Trinajstić information content (AvgIpc) is 3.10. The van der Waals surface area contributed by atoms with Gasteiger partial charge in [-0.2, -0.15) is 0 Å². The van der Waals surface area contributed by atoms with Crippen molar-refractivity contribution >= 4 is 0 Å². The van der Waals surface area contributed by atoms with Gasteiger partial charge in [0.1, 0.15) is 11.6 Å². The summed E-state index contributed by atoms with van der Waals surface area (Å²) in [6, 6.07) is 9.03. The van der Waals surface area contributed by atoms with E-state index < -0.39 is 0 Å². The number of ether oxygens (including phenoxy) is 1. The molecule has 2 heterocycles. The summed E-state index contributed by atoms with van der Waals surface area (Å²) in [6.07, 6.45) is 7.52. The number of rotatable bonds is 5. The van der Waals surface area contributed by atoms with Crippen LogP contribution in [0.2, 0.25) is 0 Å². The van der Waals surface area contributed by atoms with Gasteiger partial charge < -0.3 is 9.30 Å². The molecule has 0 spiro atoms. The Morgan fingerprint density at radius 1 is 1.38 bits per heavy atom. The average molecular weight is 285 g/mol. The second kappa shape index (κ2) is 6.31. The number of nitrogens with zero attached hydrogens (tertiary/aromatic N) is 3. The highest BCUT2D eigenvalue weighted by Gasteiger charge is 2.25. The van der Waals surface area contributed by atoms with Gasteiger partial charge in [0.25, 0.3) is 0 Å². The number of aromatic nitrogens is 2. The molecule has 0 unspecified atom stereocenters. The van der Waals surface area contributed by atoms with Crippen LogP contribution in [0.1, 0.15) is 24.2 Å². The molecule has 3 rings (SSSR count). The van der Waals surface area contributed by atoms with Crippen molar-refractivity contribution in [1.82, 2.24) is 14.5 Å². The van der Waals surface area contributed by atoms with Gasteiger partial charge in [0.05, 0.1) is 13.7 Å². The van der Waals surface area contributed by atoms with Gasteiger partial charge in [-0.05, 0) is 43.5 Å². The molecule has 0 saturated carbocycles. The van der Waals surface area contributed by atoms with Gasteiger partial charge in [0, 0.05) is 25.5 Å². The van der Waals surface area contributed by atoms with Gasteiger partial charge in [-0.3, -0.25) is 4.90 Å². The lowest BCUT2D eigenvalue weighted by atomic mass is 10.0. The first-order valence-corrected chi connectivity index (χ1v) is 7.59. The largest absolute Gasteiger partial charge is 0.497 e. The molecule has 1 fully saturated rings. The minimum absolute atomic E-state index is 0.605. The quantitative estimate of drug-likeness (QED) is 0.846. The fourth-order valence-corrected chi connectivity index (χ4v) is 3.14. The Balaban J connectivity index is 1.67. The number of methoxy groups -OCH3 is 1. The van der Waals surface area contributed by atoms with E-state index in [0.717, 1.165) is 24.5 Å². The molecule has 4 heteroatoms. The Morgan fingerprint density at radius 2 is 2.29 bits per heavy atom. The van der Waals surface area contributed by atoms with Crippen molar-refractivity contribution in [2.75, 3.05) is 13.7 Å². The molecule has 1 saturated heterocycles. The van der Waals surface area contributed by atoms with E-state index in [1.54, 1.807) is 7.11 Å². The molecule has 0 aliphatic carbocycles. The molecule has 1 aromatic carbocycles. The van der Waals surface area contributed by atoms with E-state index in [1.165, 1.54) is 24.9 Å². The Bertz CT molecular complexity index is 593. The van der Waals surface area contributed by atoms with Crippen LogP contribution >= 0.6 is 0 Å². The van der Waals surface area contributed by atoms with Crippen molar-refractivity contribution in [3.8, 4) is 5.75 Å². The molecule has 1 aromatic heterocycles. The lowest BCUT2D eigenvalue weighted by molar-refractivity contribution is 0.235. The third kappa shape index (κ3) is 3.27. The van der Waals surface area contributed by atoms with E-state index in [4.69, 9.17) is 4.74 Å². The molecular weight excluding hydrogens is 262 g/mol. The highest BCUT2D eigenvalue weighted by Crippen LogP contribution is 2.24. The summed E-state index contributed by atoms with van der Waals surface area (Å²) in [5.41, 5.74) is 1.35. The maximum Gasteiger partial charge on any atom is 0.122 e. The van der Waals surface area contributed by atoms with Crippen LogP contribution in [0.3, 0.4) is 0 Å². The van der Waals surface area contributed by atoms with E-state index in [-0.39, 0.29) is 0 Å². The SMILES string of the molecule is COc1cccc(C[C@@H]2CCCN2Cc2nccn2C)c1. The standard InChI is InChI=1S/C17H23N3O/c1-19-10-8-18-17(19)13-20-9-4-6-15(20)11-14-5-3-7-16(12-14)21-2/h3,5,7-8,10,12,15H,4,6,9,11,13H2,1-2H3/t15-/m0/s1. The van der Waals surface area contributed by atoms with Crippen LogP contribution in [0, 0.1) is 0 Å². The summed E-state index contributed by atoms with van der Waals surface area (Å²) in [7, 11) is 3.79. The summed E-state index contributed by atoms with van der Waals surface area (Å²) in [4.78, 5) is 7.01. The van der Waals surface area contributed by atoms with Crippen LogP contribution in [0.25, 0.3) is 0 Å². The molecule has 1 aliphatic rings. The Labute approximate surface area is 126 Å². The van der Waals surface area contributed by atoms with E-state index in [2.05, 4.69) is 39.7 Å². The fourth-order valence-electron chi connectivity index (χ4n) is 3.14. The molecule has 1 atom stereocenters. The summed E-state index contributed by atoms with van der Waals surface area (Å²) < 4.78 is 7.43. The van der Waals surface area contributed by atoms with Crippen molar-refractivity contribution in [2.45, 2.75) is 31.8 Å². The second-order valence-corrected chi connectivity index (χ2v) is 5.78. The molecule has 21 heavy (non-hydrogen) atoms. The van der Waals surface area contributed by atoms with E-state index in [1.807, 2.05) is 18.5 Å². The van der Waals surface area contributed by atoms with Crippen molar-refractivity contribution in [3.05, 3.63) is 48.0 Å². The fraction of sp³-hybridized carbons (Fsp3) is 0.471. The minimum atomic E-state index is 0.605. The topological polar surface area (TPSA) is 30.3 Å². The Hall–Kier alpha value is -1.81. The summed E-state index contributed by atoms with van der Waals surface area (Å²) in [5, 5.41) is 0. The van der Waals surface area contributed by atoms with Gasteiger partial charge in [-0.1, -0.05) is 12.1 Å². The van der Waals surface area contributed by atoms with Crippen molar-refractivity contribution < 1.29 is 4.74 Å². The Kier molecular flexibility index (Phi) is 4.25. The molecule has 0 bridgehead atoms. The second-order valence-electron chi connectivity index (χ2n) is 5.78. The van der Waals surface area contributed by atoms with Crippen LogP contribution in [0.4, 0.5) is 0 Å². The van der Waals surface area contributed by atoms with E-state index in [0.29, 0.717) is 6.04 Å². The molecule has 0 amide bonds. The van der Waals surface area contributed by atoms with Gasteiger partial charge in [-0.25, -0.2) is 4.98 Å². The number of imidazole rings is 1. The predicted molar refractivity (Wildman–Crippen MR) is 83.3 cm³/mol. The maximum atomic E-state index is 5.32. The zero-order valence-corrected chi connectivity index (χ0v) is 12.8. The third-order valence-electron chi connectivity index (χ3n) is 4.37. The smallest absolute Gasteiger partial charge is 0.122 e. The first-order chi connectivity index (χ1) is 10.3. The number of hydrogen-bond acceptors (Lipinski definition) is 3. The first kappa shape index (κ1) is 14.1. The van der Waals surface area contributed by atoms with Crippen LogP contribution in [-0.4, -0.2) is 34.1 Å². The molecule has 2 aromatic rings. The summed E-state index contributed by atoms with van der Waals surface area (Å²) in [5.74, 6) is 2.09. The van der Waals surface area contributed by atoms with E-state index in [9.17, 15) is 0 Å². The molecule has 4 nitrogen and oxygen atoms in total.